The molecule has 1 saturated heterocycles. The van der Waals surface area contributed by atoms with Crippen LogP contribution >= 0.6 is 0 Å². The highest BCUT2D eigenvalue weighted by Crippen LogP contribution is 2.17. The van der Waals surface area contributed by atoms with E-state index in [1.54, 1.807) is 19.9 Å². The predicted molar refractivity (Wildman–Crippen MR) is 82.2 cm³/mol. The fourth-order valence-corrected chi connectivity index (χ4v) is 2.43. The molecule has 1 aliphatic heterocycles. The summed E-state index contributed by atoms with van der Waals surface area (Å²) in [4.78, 5) is 34.5. The zero-order chi connectivity index (χ0) is 16.5. The molecule has 0 aromatic carbocycles. The van der Waals surface area contributed by atoms with Gasteiger partial charge in [-0.3, -0.25) is 14.4 Å². The number of piperidine rings is 1. The fourth-order valence-electron chi connectivity index (χ4n) is 2.43. The van der Waals surface area contributed by atoms with Crippen LogP contribution in [0.3, 0.4) is 0 Å². The van der Waals surface area contributed by atoms with E-state index in [1.807, 2.05) is 0 Å². The van der Waals surface area contributed by atoms with Crippen LogP contribution in [0.1, 0.15) is 33.1 Å². The van der Waals surface area contributed by atoms with E-state index in [1.165, 1.54) is 0 Å². The summed E-state index contributed by atoms with van der Waals surface area (Å²) in [6, 6.07) is -0.419. The lowest BCUT2D eigenvalue weighted by Crippen LogP contribution is -2.49. The zero-order valence-electron chi connectivity index (χ0n) is 13.1. The van der Waals surface area contributed by atoms with Crippen molar-refractivity contribution in [2.45, 2.75) is 39.2 Å². The third kappa shape index (κ3) is 6.26. The third-order valence-electron chi connectivity index (χ3n) is 3.85. The van der Waals surface area contributed by atoms with Gasteiger partial charge in [0.2, 0.25) is 11.8 Å². The minimum atomic E-state index is -0.940. The van der Waals surface area contributed by atoms with Crippen molar-refractivity contribution >= 4 is 17.8 Å². The number of amides is 2. The maximum Gasteiger partial charge on any atom is 0.305 e. The first-order valence-corrected chi connectivity index (χ1v) is 7.57. The van der Waals surface area contributed by atoms with E-state index in [0.717, 1.165) is 19.4 Å². The van der Waals surface area contributed by atoms with Gasteiger partial charge in [0.15, 0.2) is 0 Å². The maximum atomic E-state index is 11.9. The Kier molecular flexibility index (Phi) is 7.59. The molecule has 0 aromatic heterocycles. The van der Waals surface area contributed by atoms with Gasteiger partial charge < -0.3 is 21.1 Å². The highest BCUT2D eigenvalue weighted by molar-refractivity contribution is 5.95. The van der Waals surface area contributed by atoms with Crippen LogP contribution in [0.5, 0.6) is 0 Å². The quantitative estimate of drug-likeness (QED) is 0.496. The summed E-state index contributed by atoms with van der Waals surface area (Å²) in [6.45, 7) is 4.87. The first-order chi connectivity index (χ1) is 10.4. The van der Waals surface area contributed by atoms with Crippen molar-refractivity contribution in [3.05, 3.63) is 11.6 Å². The van der Waals surface area contributed by atoms with Gasteiger partial charge in [-0.2, -0.15) is 0 Å². The van der Waals surface area contributed by atoms with E-state index in [4.69, 9.17) is 5.11 Å². The Morgan fingerprint density at radius 1 is 1.41 bits per heavy atom. The molecule has 0 bridgehead atoms. The molecule has 1 aliphatic rings. The molecule has 22 heavy (non-hydrogen) atoms. The van der Waals surface area contributed by atoms with Crippen molar-refractivity contribution in [3.8, 4) is 0 Å². The number of nitrogens with one attached hydrogen (secondary N) is 3. The van der Waals surface area contributed by atoms with Gasteiger partial charge in [-0.25, -0.2) is 0 Å². The minimum Gasteiger partial charge on any atom is -0.481 e. The first kappa shape index (κ1) is 18.2. The molecule has 0 spiro atoms. The van der Waals surface area contributed by atoms with Gasteiger partial charge in [-0.05, 0) is 45.7 Å². The summed E-state index contributed by atoms with van der Waals surface area (Å²) in [5.41, 5.74) is 0.534. The zero-order valence-corrected chi connectivity index (χ0v) is 13.1. The van der Waals surface area contributed by atoms with Crippen LogP contribution in [0.2, 0.25) is 0 Å². The second-order valence-electron chi connectivity index (χ2n) is 5.53. The van der Waals surface area contributed by atoms with Gasteiger partial charge in [0.25, 0.3) is 0 Å². The number of rotatable bonds is 7. The number of carboxylic acid groups (broad SMARTS) is 1. The normalized spacial score (nSPS) is 20.1. The van der Waals surface area contributed by atoms with Crippen LogP contribution in [0.25, 0.3) is 0 Å². The average Bonchev–Trinajstić information content (AvgIpc) is 2.51. The van der Waals surface area contributed by atoms with Gasteiger partial charge >= 0.3 is 5.97 Å². The van der Waals surface area contributed by atoms with Crippen LogP contribution < -0.4 is 16.0 Å². The molecule has 0 aromatic rings. The molecule has 2 atom stereocenters. The molecule has 7 nitrogen and oxygen atoms in total. The Morgan fingerprint density at radius 3 is 2.68 bits per heavy atom. The number of aliphatic carboxylic acids is 1. The van der Waals surface area contributed by atoms with E-state index in [-0.39, 0.29) is 30.7 Å². The van der Waals surface area contributed by atoms with Gasteiger partial charge in [-0.1, -0.05) is 6.08 Å². The van der Waals surface area contributed by atoms with Gasteiger partial charge in [-0.15, -0.1) is 0 Å². The number of carbonyl (C=O) groups excluding carboxylic acids is 2. The Bertz CT molecular complexity index is 442. The molecule has 7 heteroatoms. The summed E-state index contributed by atoms with van der Waals surface area (Å²) in [5, 5.41) is 17.5. The summed E-state index contributed by atoms with van der Waals surface area (Å²) < 4.78 is 0. The first-order valence-electron chi connectivity index (χ1n) is 7.57. The molecule has 0 aliphatic carbocycles. The van der Waals surface area contributed by atoms with Crippen molar-refractivity contribution in [2.75, 3.05) is 19.6 Å². The second kappa shape index (κ2) is 9.19. The standard InChI is InChI=1S/C15H25N3O4/c1-3-10(2)15(22)17-9-13(19)18-12(7-14(20)21)11-5-4-6-16-8-11/h3,11-12,16H,4-9H2,1-2H3,(H,17,22)(H,18,19)(H,20,21)/b10-3+. The summed E-state index contributed by atoms with van der Waals surface area (Å²) >= 11 is 0. The molecule has 124 valence electrons. The van der Waals surface area contributed by atoms with Gasteiger partial charge in [0.1, 0.15) is 0 Å². The average molecular weight is 311 g/mol. The molecule has 2 unspecified atom stereocenters. The SMILES string of the molecule is C/C=C(\C)C(=O)NCC(=O)NC(CC(=O)O)C1CCCNC1. The lowest BCUT2D eigenvalue weighted by molar-refractivity contribution is -0.138. The van der Waals surface area contributed by atoms with Crippen molar-refractivity contribution in [1.82, 2.24) is 16.0 Å². The molecule has 0 saturated carbocycles. The Labute approximate surface area is 130 Å². The summed E-state index contributed by atoms with van der Waals surface area (Å²) in [6.07, 6.45) is 3.40. The minimum absolute atomic E-state index is 0.0989. The van der Waals surface area contributed by atoms with Gasteiger partial charge in [0.05, 0.1) is 13.0 Å². The third-order valence-corrected chi connectivity index (χ3v) is 3.85. The number of hydrogen-bond acceptors (Lipinski definition) is 4. The van der Waals surface area contributed by atoms with Crippen molar-refractivity contribution in [3.63, 3.8) is 0 Å². The van der Waals surface area contributed by atoms with E-state index >= 15 is 0 Å². The Hall–Kier alpha value is -1.89. The van der Waals surface area contributed by atoms with Crippen molar-refractivity contribution in [2.24, 2.45) is 5.92 Å². The maximum absolute atomic E-state index is 11.9. The molecule has 4 N–H and O–H groups in total. The van der Waals surface area contributed by atoms with Gasteiger partial charge in [0, 0.05) is 11.6 Å². The predicted octanol–water partition coefficient (Wildman–Crippen LogP) is 0.0279. The number of carboxylic acids is 1. The fraction of sp³-hybridized carbons (Fsp3) is 0.667. The molecular weight excluding hydrogens is 286 g/mol. The van der Waals surface area contributed by atoms with Crippen molar-refractivity contribution < 1.29 is 19.5 Å². The Balaban J connectivity index is 2.51. The van der Waals surface area contributed by atoms with Crippen LogP contribution in [0, 0.1) is 5.92 Å². The van der Waals surface area contributed by atoms with Crippen LogP contribution in [-0.2, 0) is 14.4 Å². The van der Waals surface area contributed by atoms with Crippen LogP contribution in [0.15, 0.2) is 11.6 Å². The summed E-state index contributed by atoms with van der Waals surface area (Å²) in [7, 11) is 0. The van der Waals surface area contributed by atoms with Crippen molar-refractivity contribution in [1.29, 1.82) is 0 Å². The van der Waals surface area contributed by atoms with E-state index in [2.05, 4.69) is 16.0 Å². The molecule has 1 fully saturated rings. The number of hydrogen-bond donors (Lipinski definition) is 4. The van der Waals surface area contributed by atoms with E-state index < -0.39 is 12.0 Å². The molecule has 1 rings (SSSR count). The molecule has 0 radical (unpaired) electrons. The molecule has 1 heterocycles. The lowest BCUT2D eigenvalue weighted by Gasteiger charge is -2.30. The smallest absolute Gasteiger partial charge is 0.305 e. The number of allylic oxidation sites excluding steroid dienone is 1. The molecule has 2 amide bonds. The second-order valence-corrected chi connectivity index (χ2v) is 5.53. The number of carbonyl (C=O) groups is 3. The topological polar surface area (TPSA) is 108 Å². The lowest BCUT2D eigenvalue weighted by atomic mass is 9.89. The monoisotopic (exact) mass is 311 g/mol. The Morgan fingerprint density at radius 2 is 2.14 bits per heavy atom. The van der Waals surface area contributed by atoms with E-state index in [9.17, 15) is 14.4 Å². The largest absolute Gasteiger partial charge is 0.481 e. The van der Waals surface area contributed by atoms with E-state index in [0.29, 0.717) is 12.1 Å². The highest BCUT2D eigenvalue weighted by atomic mass is 16.4. The van der Waals surface area contributed by atoms with Crippen LogP contribution in [-0.4, -0.2) is 48.6 Å². The van der Waals surface area contributed by atoms with Crippen LogP contribution in [0.4, 0.5) is 0 Å². The highest BCUT2D eigenvalue weighted by Gasteiger charge is 2.27. The molecular formula is C15H25N3O4. The summed E-state index contributed by atoms with van der Waals surface area (Å²) in [5.74, 6) is -1.51.